The van der Waals surface area contributed by atoms with Crippen molar-refractivity contribution in [1.82, 2.24) is 0 Å². The van der Waals surface area contributed by atoms with E-state index in [4.69, 9.17) is 13.6 Å². The van der Waals surface area contributed by atoms with Gasteiger partial charge < -0.3 is 13.6 Å². The molecule has 4 nitrogen and oxygen atoms in total. The Hall–Kier alpha value is -0.436. The van der Waals surface area contributed by atoms with Crippen molar-refractivity contribution in [2.45, 2.75) is 130 Å². The minimum atomic E-state index is -2.01. The van der Waals surface area contributed by atoms with Crippen LogP contribution in [0.4, 0.5) is 0 Å². The van der Waals surface area contributed by atoms with Gasteiger partial charge in [0.2, 0.25) is 0 Å². The van der Waals surface area contributed by atoms with Crippen LogP contribution >= 0.6 is 0 Å². The van der Waals surface area contributed by atoms with E-state index < -0.39 is 16.6 Å². The Balaban J connectivity index is 3.15. The van der Waals surface area contributed by atoms with Crippen molar-refractivity contribution in [2.75, 3.05) is 0 Å². The highest BCUT2D eigenvalue weighted by Crippen LogP contribution is 2.42. The maximum absolute atomic E-state index is 12.8. The molecule has 1 aliphatic rings. The zero-order valence-electron chi connectivity index (χ0n) is 22.8. The Morgan fingerprint density at radius 1 is 1.00 bits per heavy atom. The monoisotopic (exact) mass is 470 g/mol. The van der Waals surface area contributed by atoms with Crippen molar-refractivity contribution in [3.63, 3.8) is 0 Å². The van der Waals surface area contributed by atoms with Gasteiger partial charge in [-0.05, 0) is 57.0 Å². The normalized spacial score (nSPS) is 27.0. The third-order valence-corrected chi connectivity index (χ3v) is 16.7. The van der Waals surface area contributed by atoms with Crippen LogP contribution < -0.4 is 0 Å². The lowest BCUT2D eigenvalue weighted by Crippen LogP contribution is -2.55. The third-order valence-electron chi connectivity index (χ3n) is 7.71. The Morgan fingerprint density at radius 2 is 1.48 bits per heavy atom. The van der Waals surface area contributed by atoms with Gasteiger partial charge in [0, 0.05) is 12.3 Å². The first-order valence-electron chi connectivity index (χ1n) is 11.9. The summed E-state index contributed by atoms with van der Waals surface area (Å²) in [5.74, 6) is -0.267. The smallest absolute Gasteiger partial charge is 0.311 e. The Labute approximate surface area is 194 Å². The molecule has 5 atom stereocenters. The van der Waals surface area contributed by atoms with E-state index in [-0.39, 0.29) is 46.2 Å². The van der Waals surface area contributed by atoms with Gasteiger partial charge >= 0.3 is 5.97 Å². The first-order valence-corrected chi connectivity index (χ1v) is 17.7. The van der Waals surface area contributed by atoms with Crippen LogP contribution in [-0.4, -0.2) is 40.9 Å². The predicted molar refractivity (Wildman–Crippen MR) is 136 cm³/mol. The Kier molecular flexibility index (Phi) is 9.06. The largest absolute Gasteiger partial charge is 0.462 e. The van der Waals surface area contributed by atoms with E-state index in [1.165, 1.54) is 5.57 Å². The number of esters is 1. The number of carbonyl (C=O) groups excluding carboxylic acids is 1. The molecule has 0 aromatic heterocycles. The van der Waals surface area contributed by atoms with Gasteiger partial charge in [-0.25, -0.2) is 0 Å². The van der Waals surface area contributed by atoms with Gasteiger partial charge in [-0.3, -0.25) is 4.79 Å². The van der Waals surface area contributed by atoms with E-state index in [9.17, 15) is 4.79 Å². The zero-order valence-corrected chi connectivity index (χ0v) is 24.8. The summed E-state index contributed by atoms with van der Waals surface area (Å²) in [5, 5.41) is 0.220. The molecular weight excluding hydrogens is 420 g/mol. The molecule has 0 spiro atoms. The second-order valence-corrected chi connectivity index (χ2v) is 22.4. The van der Waals surface area contributed by atoms with Crippen LogP contribution in [0.3, 0.4) is 0 Å². The number of carbonyl (C=O) groups is 1. The van der Waals surface area contributed by atoms with Crippen molar-refractivity contribution in [3.05, 3.63) is 11.6 Å². The van der Waals surface area contributed by atoms with Crippen LogP contribution in [0.2, 0.25) is 36.3 Å². The Morgan fingerprint density at radius 3 is 1.90 bits per heavy atom. The molecule has 1 aliphatic heterocycles. The summed E-state index contributed by atoms with van der Waals surface area (Å²) in [5.41, 5.74) is 1.22. The van der Waals surface area contributed by atoms with E-state index in [0.717, 1.165) is 0 Å². The summed E-state index contributed by atoms with van der Waals surface area (Å²) >= 11 is 0. The third kappa shape index (κ3) is 7.28. The van der Waals surface area contributed by atoms with Gasteiger partial charge in [-0.2, -0.15) is 0 Å². The molecule has 1 saturated heterocycles. The second-order valence-electron chi connectivity index (χ2n) is 12.9. The van der Waals surface area contributed by atoms with Crippen molar-refractivity contribution in [1.29, 1.82) is 0 Å². The lowest BCUT2D eigenvalue weighted by Gasteiger charge is -2.47. The average Bonchev–Trinajstić information content (AvgIpc) is 2.53. The van der Waals surface area contributed by atoms with Gasteiger partial charge in [0.25, 0.3) is 0 Å². The molecule has 0 unspecified atom stereocenters. The molecule has 0 N–H and O–H groups in total. The van der Waals surface area contributed by atoms with Crippen LogP contribution in [0.15, 0.2) is 11.6 Å². The molecule has 0 aromatic carbocycles. The van der Waals surface area contributed by atoms with Gasteiger partial charge in [0.1, 0.15) is 6.10 Å². The number of ether oxygens (including phenoxy) is 1. The highest BCUT2D eigenvalue weighted by Gasteiger charge is 2.48. The molecular formula is C25H50O4Si2. The summed E-state index contributed by atoms with van der Waals surface area (Å²) < 4.78 is 19.5. The molecule has 0 radical (unpaired) electrons. The molecule has 31 heavy (non-hydrogen) atoms. The van der Waals surface area contributed by atoms with Gasteiger partial charge in [0.05, 0.1) is 18.1 Å². The summed E-state index contributed by atoms with van der Waals surface area (Å²) in [4.78, 5) is 12.8. The van der Waals surface area contributed by atoms with Crippen molar-refractivity contribution >= 4 is 22.6 Å². The van der Waals surface area contributed by atoms with Crippen molar-refractivity contribution < 1.29 is 18.4 Å². The highest BCUT2D eigenvalue weighted by molar-refractivity contribution is 6.74. The number of hydrogen-bond donors (Lipinski definition) is 0. The molecule has 0 saturated carbocycles. The van der Waals surface area contributed by atoms with E-state index in [2.05, 4.69) is 94.6 Å². The van der Waals surface area contributed by atoms with E-state index in [1.54, 1.807) is 0 Å². The molecule has 0 bridgehead atoms. The van der Waals surface area contributed by atoms with Gasteiger partial charge in [-0.1, -0.05) is 60.1 Å². The highest BCUT2D eigenvalue weighted by atomic mass is 28.4. The maximum Gasteiger partial charge on any atom is 0.311 e. The van der Waals surface area contributed by atoms with E-state index >= 15 is 0 Å². The van der Waals surface area contributed by atoms with Crippen molar-refractivity contribution in [3.8, 4) is 0 Å². The zero-order chi connectivity index (χ0) is 24.6. The van der Waals surface area contributed by atoms with E-state index in [1.807, 2.05) is 6.92 Å². The SMILES string of the molecule is CC(C)=C[C@H](C[C@@H]1OC(=O)[C@H](C)[C@@H](O[Si](C)(C)C(C)(C)C)[C@H]1C)O[Si](C)(C)C(C)(C)C. The fourth-order valence-electron chi connectivity index (χ4n) is 3.46. The molecule has 1 fully saturated rings. The average molecular weight is 471 g/mol. The van der Waals surface area contributed by atoms with Crippen LogP contribution in [0.25, 0.3) is 0 Å². The molecule has 0 aliphatic carbocycles. The van der Waals surface area contributed by atoms with Crippen molar-refractivity contribution in [2.24, 2.45) is 11.8 Å². The minimum absolute atomic E-state index is 0.0620. The quantitative estimate of drug-likeness (QED) is 0.222. The number of hydrogen-bond acceptors (Lipinski definition) is 4. The lowest BCUT2D eigenvalue weighted by atomic mass is 9.84. The maximum atomic E-state index is 12.8. The summed E-state index contributed by atoms with van der Waals surface area (Å²) in [6, 6.07) is 0. The number of allylic oxidation sites excluding steroid dienone is 1. The first-order chi connectivity index (χ1) is 13.7. The fourth-order valence-corrected chi connectivity index (χ4v) is 6.19. The number of cyclic esters (lactones) is 1. The van der Waals surface area contributed by atoms with E-state index in [0.29, 0.717) is 6.42 Å². The van der Waals surface area contributed by atoms with Crippen LogP contribution in [0.1, 0.15) is 75.7 Å². The summed E-state index contributed by atoms with van der Waals surface area (Å²) in [6.45, 7) is 30.9. The molecule has 1 rings (SSSR count). The first kappa shape index (κ1) is 28.6. The molecule has 0 amide bonds. The van der Waals surface area contributed by atoms with Gasteiger partial charge in [-0.15, -0.1) is 0 Å². The standard InChI is InChI=1S/C25H50O4Si2/c1-17(2)15-20(28-30(11,12)24(5,6)7)16-21-18(3)22(19(4)23(26)27-21)29-31(13,14)25(8,9)10/h15,18-22H,16H2,1-14H3/t18-,19+,20+,21-,22-/m0/s1. The second kappa shape index (κ2) is 9.82. The molecule has 0 aromatic rings. The number of rotatable bonds is 7. The van der Waals surface area contributed by atoms with Crippen LogP contribution in [-0.2, 0) is 18.4 Å². The molecule has 6 heteroatoms. The van der Waals surface area contributed by atoms with Crippen LogP contribution in [0, 0.1) is 11.8 Å². The fraction of sp³-hybridized carbons (Fsp3) is 0.880. The van der Waals surface area contributed by atoms with Gasteiger partial charge in [0.15, 0.2) is 16.6 Å². The Bertz CT molecular complexity index is 651. The lowest BCUT2D eigenvalue weighted by molar-refractivity contribution is -0.177. The predicted octanol–water partition coefficient (Wildman–Crippen LogP) is 7.32. The topological polar surface area (TPSA) is 44.8 Å². The molecule has 182 valence electrons. The van der Waals surface area contributed by atoms with Crippen LogP contribution in [0.5, 0.6) is 0 Å². The molecule has 1 heterocycles. The minimum Gasteiger partial charge on any atom is -0.462 e. The summed E-state index contributed by atoms with van der Waals surface area (Å²) in [6.07, 6.45) is 2.49. The summed E-state index contributed by atoms with van der Waals surface area (Å²) in [7, 11) is -3.97.